The van der Waals surface area contributed by atoms with Crippen LogP contribution < -0.4 is 4.90 Å². The maximum Gasteiger partial charge on any atom is 0.232 e. The highest BCUT2D eigenvalue weighted by Crippen LogP contribution is 2.42. The van der Waals surface area contributed by atoms with E-state index in [1.54, 1.807) is 18.6 Å². The molecular weight excluding hydrogens is 372 g/mol. The van der Waals surface area contributed by atoms with Crippen LogP contribution in [-0.4, -0.2) is 47.0 Å². The minimum atomic E-state index is -0.387. The lowest BCUT2D eigenvalue weighted by Crippen LogP contribution is -2.66. The van der Waals surface area contributed by atoms with E-state index in [9.17, 15) is 4.79 Å². The lowest BCUT2D eigenvalue weighted by Gasteiger charge is -2.52. The molecule has 0 unspecified atom stereocenters. The van der Waals surface area contributed by atoms with Crippen LogP contribution in [0, 0.1) is 17.3 Å². The summed E-state index contributed by atoms with van der Waals surface area (Å²) < 4.78 is 0. The predicted molar refractivity (Wildman–Crippen MR) is 109 cm³/mol. The fourth-order valence-corrected chi connectivity index (χ4v) is 5.45. The molecule has 1 aromatic heterocycles. The first kappa shape index (κ1) is 17.9. The Hall–Kier alpha value is -2.14. The van der Waals surface area contributed by atoms with Gasteiger partial charge >= 0.3 is 0 Å². The molecule has 3 aliphatic rings. The number of amides is 1. The van der Waals surface area contributed by atoms with E-state index in [1.807, 2.05) is 24.3 Å². The summed E-state index contributed by atoms with van der Waals surface area (Å²) in [6.45, 7) is 3.25. The van der Waals surface area contributed by atoms with Gasteiger partial charge in [0.05, 0.1) is 11.6 Å². The molecule has 2 saturated heterocycles. The van der Waals surface area contributed by atoms with Crippen LogP contribution in [0.5, 0.6) is 0 Å². The molecule has 2 atom stereocenters. The monoisotopic (exact) mass is 396 g/mol. The van der Waals surface area contributed by atoms with Crippen LogP contribution in [-0.2, 0) is 11.2 Å². The van der Waals surface area contributed by atoms with Crippen LogP contribution in [0.2, 0.25) is 5.02 Å². The number of piperidine rings is 1. The summed E-state index contributed by atoms with van der Waals surface area (Å²) in [4.78, 5) is 26.6. The van der Waals surface area contributed by atoms with Gasteiger partial charge in [-0.1, -0.05) is 23.7 Å². The molecule has 0 spiro atoms. The molecule has 1 aromatic carbocycles. The van der Waals surface area contributed by atoms with Crippen molar-refractivity contribution in [1.29, 1.82) is 0 Å². The Morgan fingerprint density at radius 2 is 1.82 bits per heavy atom. The number of nitrogens with zero attached hydrogens (tertiary/aromatic N) is 4. The second-order valence-electron chi connectivity index (χ2n) is 8.76. The second kappa shape index (κ2) is 7.03. The molecule has 0 radical (unpaired) electrons. The summed E-state index contributed by atoms with van der Waals surface area (Å²) in [5, 5.41) is 0.728. The van der Waals surface area contributed by atoms with Gasteiger partial charge in [0.15, 0.2) is 0 Å². The zero-order valence-electron chi connectivity index (χ0n) is 15.9. The van der Waals surface area contributed by atoms with Crippen molar-refractivity contribution in [2.24, 2.45) is 17.3 Å². The molecule has 1 aliphatic carbocycles. The zero-order chi connectivity index (χ0) is 19.1. The quantitative estimate of drug-likeness (QED) is 0.794. The summed E-state index contributed by atoms with van der Waals surface area (Å²) in [5.41, 5.74) is 0.777. The summed E-state index contributed by atoms with van der Waals surface area (Å²) in [6, 6.07) is 7.91. The highest BCUT2D eigenvalue weighted by Gasteiger charge is 2.52. The lowest BCUT2D eigenvalue weighted by molar-refractivity contribution is -0.146. The number of anilines is 1. The number of fused-ring (bicyclic) bond motifs is 2. The standard InChI is InChI=1S/C22H25ClN4O/c23-19-5-3-16(4-6-19)10-22(14-27(15-22)20-11-24-7-8-25-20)21(28)26-12-17-1-2-18(9-17)13-26/h3-8,11,17-18H,1-2,9-10,12-15H2/t17-,18+. The summed E-state index contributed by atoms with van der Waals surface area (Å²) >= 11 is 6.06. The van der Waals surface area contributed by atoms with Gasteiger partial charge < -0.3 is 9.80 Å². The fraction of sp³-hybridized carbons (Fsp3) is 0.500. The van der Waals surface area contributed by atoms with Crippen molar-refractivity contribution >= 4 is 23.3 Å². The van der Waals surface area contributed by atoms with Crippen LogP contribution in [0.3, 0.4) is 0 Å². The van der Waals surface area contributed by atoms with Crippen molar-refractivity contribution < 1.29 is 4.79 Å². The number of hydrogen-bond acceptors (Lipinski definition) is 4. The highest BCUT2D eigenvalue weighted by atomic mass is 35.5. The van der Waals surface area contributed by atoms with E-state index in [1.165, 1.54) is 19.3 Å². The number of rotatable bonds is 4. The van der Waals surface area contributed by atoms with Crippen LogP contribution in [0.1, 0.15) is 24.8 Å². The Morgan fingerprint density at radius 1 is 1.11 bits per heavy atom. The van der Waals surface area contributed by atoms with Gasteiger partial charge in [0.1, 0.15) is 5.82 Å². The van der Waals surface area contributed by atoms with E-state index in [4.69, 9.17) is 11.6 Å². The number of halogens is 1. The molecule has 3 heterocycles. The van der Waals surface area contributed by atoms with Gasteiger partial charge in [0.2, 0.25) is 5.91 Å². The molecule has 2 bridgehead atoms. The fourth-order valence-electron chi connectivity index (χ4n) is 5.33. The third-order valence-electron chi connectivity index (χ3n) is 6.66. The average molecular weight is 397 g/mol. The third kappa shape index (κ3) is 3.26. The molecular formula is C22H25ClN4O. The van der Waals surface area contributed by atoms with E-state index in [-0.39, 0.29) is 5.41 Å². The van der Waals surface area contributed by atoms with Crippen molar-refractivity contribution in [2.75, 3.05) is 31.1 Å². The van der Waals surface area contributed by atoms with Crippen LogP contribution in [0.4, 0.5) is 5.82 Å². The SMILES string of the molecule is O=C(N1C[C@@H]2CC[C@@H](C2)C1)C1(Cc2ccc(Cl)cc2)CN(c2cnccn2)C1. The number of carbonyl (C=O) groups excluding carboxylic acids is 1. The Labute approximate surface area is 170 Å². The maximum absolute atomic E-state index is 13.7. The minimum Gasteiger partial charge on any atom is -0.353 e. The van der Waals surface area contributed by atoms with Gasteiger partial charge in [-0.15, -0.1) is 0 Å². The normalized spacial score (nSPS) is 25.5. The largest absolute Gasteiger partial charge is 0.353 e. The van der Waals surface area contributed by atoms with Crippen molar-refractivity contribution in [3.05, 3.63) is 53.4 Å². The first-order valence-electron chi connectivity index (χ1n) is 10.2. The zero-order valence-corrected chi connectivity index (χ0v) is 16.7. The molecule has 6 heteroatoms. The number of benzene rings is 1. The second-order valence-corrected chi connectivity index (χ2v) is 9.19. The molecule has 5 nitrogen and oxygen atoms in total. The smallest absolute Gasteiger partial charge is 0.232 e. The molecule has 2 aromatic rings. The molecule has 1 saturated carbocycles. The van der Waals surface area contributed by atoms with Gasteiger partial charge in [-0.25, -0.2) is 4.98 Å². The number of hydrogen-bond donors (Lipinski definition) is 0. The topological polar surface area (TPSA) is 49.3 Å². The van der Waals surface area contributed by atoms with Gasteiger partial charge in [-0.3, -0.25) is 9.78 Å². The van der Waals surface area contributed by atoms with Crippen molar-refractivity contribution in [1.82, 2.24) is 14.9 Å². The molecule has 1 amide bonds. The third-order valence-corrected chi connectivity index (χ3v) is 6.92. The van der Waals surface area contributed by atoms with E-state index >= 15 is 0 Å². The molecule has 0 N–H and O–H groups in total. The van der Waals surface area contributed by atoms with Gasteiger partial charge in [-0.2, -0.15) is 0 Å². The molecule has 146 valence electrons. The molecule has 3 fully saturated rings. The highest BCUT2D eigenvalue weighted by molar-refractivity contribution is 6.30. The van der Waals surface area contributed by atoms with Gasteiger partial charge in [0.25, 0.3) is 0 Å². The number of carbonyl (C=O) groups is 1. The van der Waals surface area contributed by atoms with Gasteiger partial charge in [0, 0.05) is 43.6 Å². The average Bonchev–Trinajstić information content (AvgIpc) is 3.03. The minimum absolute atomic E-state index is 0.319. The van der Waals surface area contributed by atoms with E-state index in [2.05, 4.69) is 19.8 Å². The summed E-state index contributed by atoms with van der Waals surface area (Å²) in [7, 11) is 0. The van der Waals surface area contributed by atoms with E-state index in [0.717, 1.165) is 35.9 Å². The molecule has 5 rings (SSSR count). The van der Waals surface area contributed by atoms with Crippen molar-refractivity contribution in [3.8, 4) is 0 Å². The van der Waals surface area contributed by atoms with Crippen molar-refractivity contribution in [3.63, 3.8) is 0 Å². The van der Waals surface area contributed by atoms with Gasteiger partial charge in [-0.05, 0) is 55.2 Å². The number of likely N-dealkylation sites (tertiary alicyclic amines) is 1. The van der Waals surface area contributed by atoms with Crippen molar-refractivity contribution in [2.45, 2.75) is 25.7 Å². The Kier molecular flexibility index (Phi) is 4.50. The predicted octanol–water partition coefficient (Wildman–Crippen LogP) is 3.44. The van der Waals surface area contributed by atoms with E-state index < -0.39 is 0 Å². The Bertz CT molecular complexity index is 839. The lowest BCUT2D eigenvalue weighted by atomic mass is 9.73. The molecule has 28 heavy (non-hydrogen) atoms. The Balaban J connectivity index is 1.38. The van der Waals surface area contributed by atoms with Crippen LogP contribution in [0.25, 0.3) is 0 Å². The first-order chi connectivity index (χ1) is 13.6. The summed E-state index contributed by atoms with van der Waals surface area (Å²) in [6.07, 6.45) is 9.77. The molecule has 2 aliphatic heterocycles. The Morgan fingerprint density at radius 3 is 2.46 bits per heavy atom. The summed E-state index contributed by atoms with van der Waals surface area (Å²) in [5.74, 6) is 2.57. The van der Waals surface area contributed by atoms with Crippen LogP contribution in [0.15, 0.2) is 42.9 Å². The number of aromatic nitrogens is 2. The maximum atomic E-state index is 13.7. The first-order valence-corrected chi connectivity index (χ1v) is 10.5. The van der Waals surface area contributed by atoms with Crippen LogP contribution >= 0.6 is 11.6 Å². The van der Waals surface area contributed by atoms with E-state index in [0.29, 0.717) is 30.8 Å².